The number of benzene rings is 1. The zero-order valence-electron chi connectivity index (χ0n) is 10.9. The quantitative estimate of drug-likeness (QED) is 0.859. The number of aliphatic hydroxyl groups is 1. The molecule has 1 aromatic heterocycles. The first-order chi connectivity index (χ1) is 10.0. The van der Waals surface area contributed by atoms with E-state index in [4.69, 9.17) is 9.84 Å². The maximum Gasteiger partial charge on any atom is 0.418 e. The van der Waals surface area contributed by atoms with Gasteiger partial charge in [0.25, 0.3) is 0 Å². The van der Waals surface area contributed by atoms with Crippen molar-refractivity contribution in [3.8, 4) is 5.75 Å². The van der Waals surface area contributed by atoms with E-state index >= 15 is 0 Å². The minimum atomic E-state index is -4.50. The van der Waals surface area contributed by atoms with Crippen molar-refractivity contribution in [3.63, 3.8) is 0 Å². The summed E-state index contributed by atoms with van der Waals surface area (Å²) in [7, 11) is 0. The smallest absolute Gasteiger partial charge is 0.418 e. The van der Waals surface area contributed by atoms with E-state index < -0.39 is 11.7 Å². The van der Waals surface area contributed by atoms with Crippen LogP contribution in [-0.4, -0.2) is 23.3 Å². The number of hydrogen-bond donors (Lipinski definition) is 2. The lowest BCUT2D eigenvalue weighted by Crippen LogP contribution is -2.12. The maximum absolute atomic E-state index is 13.1. The number of alkyl halides is 3. The molecule has 0 saturated carbocycles. The fourth-order valence-corrected chi connectivity index (χ4v) is 2.23. The summed E-state index contributed by atoms with van der Waals surface area (Å²) in [5.74, 6) is 0.0659. The van der Waals surface area contributed by atoms with E-state index in [1.807, 2.05) is 0 Å². The Morgan fingerprint density at radius 3 is 2.76 bits per heavy atom. The molecule has 0 amide bonds. The van der Waals surface area contributed by atoms with Crippen LogP contribution in [0.4, 0.5) is 18.9 Å². The fourth-order valence-electron chi connectivity index (χ4n) is 1.68. The molecule has 8 heteroatoms. The Labute approximate surface area is 123 Å². The summed E-state index contributed by atoms with van der Waals surface area (Å²) < 4.78 is 44.2. The molecule has 0 saturated heterocycles. The van der Waals surface area contributed by atoms with Crippen LogP contribution >= 0.6 is 11.3 Å². The number of aliphatic hydroxyl groups excluding tert-OH is 1. The summed E-state index contributed by atoms with van der Waals surface area (Å²) in [5.41, 5.74) is -0.844. The number of hydrogen-bond acceptors (Lipinski definition) is 5. The monoisotopic (exact) mass is 318 g/mol. The number of rotatable bonds is 6. The van der Waals surface area contributed by atoms with Crippen LogP contribution in [0.5, 0.6) is 5.75 Å². The molecule has 0 fully saturated rings. The third-order valence-corrected chi connectivity index (χ3v) is 3.35. The zero-order chi connectivity index (χ0) is 15.3. The minimum Gasteiger partial charge on any atom is -0.491 e. The average molecular weight is 318 g/mol. The van der Waals surface area contributed by atoms with Gasteiger partial charge >= 0.3 is 6.18 Å². The molecule has 1 aromatic carbocycles. The Morgan fingerprint density at radius 1 is 1.33 bits per heavy atom. The van der Waals surface area contributed by atoms with Gasteiger partial charge in [-0.2, -0.15) is 13.2 Å². The van der Waals surface area contributed by atoms with Gasteiger partial charge in [0, 0.05) is 17.3 Å². The SMILES string of the molecule is OCCOc1ccc(NCc2nccs2)c(C(F)(F)F)c1. The maximum atomic E-state index is 13.1. The first kappa shape index (κ1) is 15.6. The number of halogens is 3. The van der Waals surface area contributed by atoms with Crippen molar-refractivity contribution in [3.05, 3.63) is 40.3 Å². The van der Waals surface area contributed by atoms with E-state index in [0.29, 0.717) is 5.01 Å². The van der Waals surface area contributed by atoms with Crippen LogP contribution in [-0.2, 0) is 12.7 Å². The molecule has 0 aliphatic heterocycles. The van der Waals surface area contributed by atoms with E-state index in [2.05, 4.69) is 10.3 Å². The minimum absolute atomic E-state index is 0.0333. The fraction of sp³-hybridized carbons (Fsp3) is 0.308. The molecule has 0 radical (unpaired) electrons. The molecule has 114 valence electrons. The van der Waals surface area contributed by atoms with Crippen LogP contribution in [0, 0.1) is 0 Å². The molecule has 0 bridgehead atoms. The number of ether oxygens (including phenoxy) is 1. The Hall–Kier alpha value is -1.80. The molecule has 0 aliphatic rings. The molecule has 21 heavy (non-hydrogen) atoms. The average Bonchev–Trinajstić information content (AvgIpc) is 2.95. The van der Waals surface area contributed by atoms with E-state index in [1.54, 1.807) is 11.6 Å². The predicted octanol–water partition coefficient (Wildman–Crippen LogP) is 3.15. The molecular formula is C13H13F3N2O2S. The molecule has 2 rings (SSSR count). The van der Waals surface area contributed by atoms with Gasteiger partial charge in [0.1, 0.15) is 17.4 Å². The summed E-state index contributed by atoms with van der Waals surface area (Å²) in [6.07, 6.45) is -2.90. The number of anilines is 1. The Morgan fingerprint density at radius 2 is 2.14 bits per heavy atom. The van der Waals surface area contributed by atoms with Gasteiger partial charge < -0.3 is 15.2 Å². The van der Waals surface area contributed by atoms with E-state index in [9.17, 15) is 13.2 Å². The third-order valence-electron chi connectivity index (χ3n) is 2.57. The van der Waals surface area contributed by atoms with Crippen LogP contribution in [0.25, 0.3) is 0 Å². The second kappa shape index (κ2) is 6.77. The van der Waals surface area contributed by atoms with Gasteiger partial charge in [0.2, 0.25) is 0 Å². The van der Waals surface area contributed by atoms with Crippen molar-refractivity contribution < 1.29 is 23.0 Å². The highest BCUT2D eigenvalue weighted by Gasteiger charge is 2.34. The van der Waals surface area contributed by atoms with Crippen LogP contribution < -0.4 is 10.1 Å². The molecule has 0 unspecified atom stereocenters. The van der Waals surface area contributed by atoms with E-state index in [0.717, 1.165) is 6.07 Å². The van der Waals surface area contributed by atoms with Gasteiger partial charge in [0.15, 0.2) is 0 Å². The number of nitrogens with one attached hydrogen (secondary N) is 1. The van der Waals surface area contributed by atoms with Gasteiger partial charge in [-0.25, -0.2) is 4.98 Å². The topological polar surface area (TPSA) is 54.4 Å². The molecule has 2 aromatic rings. The van der Waals surface area contributed by atoms with E-state index in [1.165, 1.54) is 23.5 Å². The second-order valence-electron chi connectivity index (χ2n) is 4.06. The Balaban J connectivity index is 2.18. The van der Waals surface area contributed by atoms with E-state index in [-0.39, 0.29) is 31.2 Å². The lowest BCUT2D eigenvalue weighted by molar-refractivity contribution is -0.137. The highest BCUT2D eigenvalue weighted by Crippen LogP contribution is 2.37. The van der Waals surface area contributed by atoms with Crippen molar-refractivity contribution in [1.29, 1.82) is 0 Å². The molecule has 0 aliphatic carbocycles. The predicted molar refractivity (Wildman–Crippen MR) is 73.5 cm³/mol. The highest BCUT2D eigenvalue weighted by atomic mass is 32.1. The van der Waals surface area contributed by atoms with Gasteiger partial charge in [-0.1, -0.05) is 0 Å². The van der Waals surface area contributed by atoms with Crippen LogP contribution in [0.1, 0.15) is 10.6 Å². The third kappa shape index (κ3) is 4.33. The summed E-state index contributed by atoms with van der Waals surface area (Å²) in [6.45, 7) is -0.0911. The number of nitrogens with zero attached hydrogens (tertiary/aromatic N) is 1. The van der Waals surface area contributed by atoms with Gasteiger partial charge in [-0.3, -0.25) is 0 Å². The number of aromatic nitrogens is 1. The first-order valence-electron chi connectivity index (χ1n) is 6.08. The van der Waals surface area contributed by atoms with Crippen molar-refractivity contribution >= 4 is 17.0 Å². The Bertz CT molecular complexity index is 573. The van der Waals surface area contributed by atoms with Crippen molar-refractivity contribution in [2.45, 2.75) is 12.7 Å². The van der Waals surface area contributed by atoms with Crippen molar-refractivity contribution in [2.24, 2.45) is 0 Å². The van der Waals surface area contributed by atoms with Gasteiger partial charge in [-0.05, 0) is 18.2 Å². The van der Waals surface area contributed by atoms with Crippen LogP contribution in [0.3, 0.4) is 0 Å². The zero-order valence-corrected chi connectivity index (χ0v) is 11.7. The summed E-state index contributed by atoms with van der Waals surface area (Å²) in [4.78, 5) is 4.00. The molecule has 1 heterocycles. The Kier molecular flexibility index (Phi) is 5.03. The molecular weight excluding hydrogens is 305 g/mol. The number of thiazole rings is 1. The molecule has 0 atom stereocenters. The highest BCUT2D eigenvalue weighted by molar-refractivity contribution is 7.09. The lowest BCUT2D eigenvalue weighted by Gasteiger charge is -2.15. The lowest BCUT2D eigenvalue weighted by atomic mass is 10.1. The van der Waals surface area contributed by atoms with Crippen LogP contribution in [0.15, 0.2) is 29.8 Å². The second-order valence-corrected chi connectivity index (χ2v) is 5.04. The summed E-state index contributed by atoms with van der Waals surface area (Å²) >= 11 is 1.36. The normalized spacial score (nSPS) is 11.4. The molecule has 0 spiro atoms. The summed E-state index contributed by atoms with van der Waals surface area (Å²) in [5, 5.41) is 13.8. The molecule has 4 nitrogen and oxygen atoms in total. The van der Waals surface area contributed by atoms with Gasteiger partial charge in [-0.15, -0.1) is 11.3 Å². The van der Waals surface area contributed by atoms with Crippen molar-refractivity contribution in [2.75, 3.05) is 18.5 Å². The van der Waals surface area contributed by atoms with Gasteiger partial charge in [0.05, 0.1) is 18.7 Å². The summed E-state index contributed by atoms with van der Waals surface area (Å²) in [6, 6.07) is 3.65. The standard InChI is InChI=1S/C13H13F3N2O2S/c14-13(15,16)10-7-9(20-5-4-19)1-2-11(10)18-8-12-17-3-6-21-12/h1-3,6-7,18-19H,4-5,8H2. The largest absolute Gasteiger partial charge is 0.491 e. The molecule has 2 N–H and O–H groups in total. The van der Waals surface area contributed by atoms with Crippen molar-refractivity contribution in [1.82, 2.24) is 4.98 Å². The van der Waals surface area contributed by atoms with Crippen LogP contribution in [0.2, 0.25) is 0 Å². The first-order valence-corrected chi connectivity index (χ1v) is 6.96.